The van der Waals surface area contributed by atoms with Gasteiger partial charge in [0.1, 0.15) is 0 Å². The van der Waals surface area contributed by atoms with E-state index < -0.39 is 0 Å². The molecule has 0 unspecified atom stereocenters. The van der Waals surface area contributed by atoms with Crippen LogP contribution in [0.25, 0.3) is 22.4 Å². The molecule has 0 spiro atoms. The molecule has 0 aromatic heterocycles. The topological polar surface area (TPSA) is 23.8 Å². The highest BCUT2D eigenvalue weighted by Gasteiger charge is 2.05. The Kier molecular flexibility index (Phi) is 4.15. The Morgan fingerprint density at radius 3 is 2.41 bits per heavy atom. The van der Waals surface area contributed by atoms with Crippen molar-refractivity contribution in [3.05, 3.63) is 81.8 Å². The zero-order valence-corrected chi connectivity index (χ0v) is 13.1. The van der Waals surface area contributed by atoms with Gasteiger partial charge in [0.15, 0.2) is 0 Å². The van der Waals surface area contributed by atoms with E-state index in [2.05, 4.69) is 6.07 Å². The summed E-state index contributed by atoms with van der Waals surface area (Å²) in [4.78, 5) is 0. The van der Waals surface area contributed by atoms with Gasteiger partial charge in [-0.3, -0.25) is 0 Å². The second kappa shape index (κ2) is 6.23. The van der Waals surface area contributed by atoms with Crippen LogP contribution in [0.15, 0.2) is 60.7 Å². The number of halogens is 2. The third-order valence-corrected chi connectivity index (χ3v) is 4.01. The van der Waals surface area contributed by atoms with Crippen LogP contribution in [0.5, 0.6) is 0 Å². The van der Waals surface area contributed by atoms with Gasteiger partial charge in [-0.2, -0.15) is 5.26 Å². The minimum absolute atomic E-state index is 0.529. The van der Waals surface area contributed by atoms with Crippen LogP contribution in [0.1, 0.15) is 11.1 Å². The summed E-state index contributed by atoms with van der Waals surface area (Å²) >= 11 is 12.1. The van der Waals surface area contributed by atoms with E-state index in [1.54, 1.807) is 18.2 Å². The first-order valence-corrected chi connectivity index (χ1v) is 7.49. The van der Waals surface area contributed by atoms with E-state index in [0.717, 1.165) is 21.9 Å². The number of nitrogens with zero attached hydrogens (tertiary/aromatic N) is 1. The largest absolute Gasteiger partial charge is 0.192 e. The standard InChI is InChI=1S/C19H11Cl2N/c20-18-8-7-16(19(21)11-18)10-17(12-22)15-6-5-13-3-1-2-4-14(13)9-15/h1-11H/b17-10-. The van der Waals surface area contributed by atoms with Gasteiger partial charge in [-0.1, -0.05) is 65.7 Å². The summed E-state index contributed by atoms with van der Waals surface area (Å²) in [6.45, 7) is 0. The molecule has 3 aromatic carbocycles. The molecule has 22 heavy (non-hydrogen) atoms. The molecule has 0 aliphatic carbocycles. The normalized spacial score (nSPS) is 11.4. The number of hydrogen-bond acceptors (Lipinski definition) is 1. The molecule has 0 N–H and O–H groups in total. The zero-order valence-electron chi connectivity index (χ0n) is 11.6. The highest BCUT2D eigenvalue weighted by Crippen LogP contribution is 2.27. The number of allylic oxidation sites excluding steroid dienone is 1. The maximum atomic E-state index is 9.47. The molecule has 0 aliphatic rings. The van der Waals surface area contributed by atoms with Crippen LogP contribution in [0, 0.1) is 11.3 Å². The summed E-state index contributed by atoms with van der Waals surface area (Å²) in [6, 6.07) is 21.5. The van der Waals surface area contributed by atoms with Gasteiger partial charge in [0.2, 0.25) is 0 Å². The molecule has 3 aromatic rings. The molecule has 0 fully saturated rings. The fourth-order valence-electron chi connectivity index (χ4n) is 2.31. The van der Waals surface area contributed by atoms with Crippen LogP contribution < -0.4 is 0 Å². The lowest BCUT2D eigenvalue weighted by atomic mass is 10.0. The van der Waals surface area contributed by atoms with E-state index in [-0.39, 0.29) is 0 Å². The maximum Gasteiger partial charge on any atom is 0.0998 e. The Morgan fingerprint density at radius 1 is 0.909 bits per heavy atom. The van der Waals surface area contributed by atoms with Crippen LogP contribution in [-0.4, -0.2) is 0 Å². The molecule has 0 heterocycles. The van der Waals surface area contributed by atoms with Crippen LogP contribution in [-0.2, 0) is 0 Å². The van der Waals surface area contributed by atoms with Gasteiger partial charge >= 0.3 is 0 Å². The van der Waals surface area contributed by atoms with Crippen molar-refractivity contribution in [3.8, 4) is 6.07 Å². The molecule has 1 nitrogen and oxygen atoms in total. The highest BCUT2D eigenvalue weighted by atomic mass is 35.5. The molecule has 0 aliphatic heterocycles. The summed E-state index contributed by atoms with van der Waals surface area (Å²) in [5.41, 5.74) is 2.21. The lowest BCUT2D eigenvalue weighted by molar-refractivity contribution is 1.53. The molecule has 0 amide bonds. The van der Waals surface area contributed by atoms with Crippen LogP contribution in [0.4, 0.5) is 0 Å². The van der Waals surface area contributed by atoms with E-state index >= 15 is 0 Å². The lowest BCUT2D eigenvalue weighted by Crippen LogP contribution is -1.84. The molecule has 0 saturated heterocycles. The predicted octanol–water partition coefficient (Wildman–Crippen LogP) is 6.21. The van der Waals surface area contributed by atoms with Crippen molar-refractivity contribution in [1.29, 1.82) is 5.26 Å². The predicted molar refractivity (Wildman–Crippen MR) is 93.9 cm³/mol. The number of hydrogen-bond donors (Lipinski definition) is 0. The summed E-state index contributed by atoms with van der Waals surface area (Å²) in [5.74, 6) is 0. The Labute approximate surface area is 139 Å². The van der Waals surface area contributed by atoms with Gasteiger partial charge in [-0.25, -0.2) is 0 Å². The molecule has 0 saturated carbocycles. The number of rotatable bonds is 2. The fourth-order valence-corrected chi connectivity index (χ4v) is 2.77. The first-order valence-electron chi connectivity index (χ1n) is 6.73. The van der Waals surface area contributed by atoms with Gasteiger partial charge in [0.05, 0.1) is 11.6 Å². The highest BCUT2D eigenvalue weighted by molar-refractivity contribution is 6.35. The van der Waals surface area contributed by atoms with Crippen LogP contribution in [0.3, 0.4) is 0 Å². The molecule has 0 radical (unpaired) electrons. The summed E-state index contributed by atoms with van der Waals surface area (Å²) in [7, 11) is 0. The first-order chi connectivity index (χ1) is 10.7. The van der Waals surface area contributed by atoms with E-state index in [4.69, 9.17) is 23.2 Å². The molecular formula is C19H11Cl2N. The Bertz CT molecular complexity index is 920. The van der Waals surface area contributed by atoms with Gasteiger partial charge < -0.3 is 0 Å². The minimum Gasteiger partial charge on any atom is -0.192 e. The zero-order chi connectivity index (χ0) is 15.5. The number of fused-ring (bicyclic) bond motifs is 1. The van der Waals surface area contributed by atoms with E-state index in [9.17, 15) is 5.26 Å². The number of nitriles is 1. The molecule has 3 rings (SSSR count). The first kappa shape index (κ1) is 14.7. The van der Waals surface area contributed by atoms with Gasteiger partial charge in [-0.05, 0) is 46.2 Å². The smallest absolute Gasteiger partial charge is 0.0998 e. The second-order valence-corrected chi connectivity index (χ2v) is 5.74. The quantitative estimate of drug-likeness (QED) is 0.406. The van der Waals surface area contributed by atoms with E-state index in [0.29, 0.717) is 15.6 Å². The van der Waals surface area contributed by atoms with Crippen molar-refractivity contribution in [2.75, 3.05) is 0 Å². The summed E-state index contributed by atoms with van der Waals surface area (Å²) in [5, 5.41) is 12.8. The van der Waals surface area contributed by atoms with Gasteiger partial charge in [0, 0.05) is 10.0 Å². The van der Waals surface area contributed by atoms with Gasteiger partial charge in [-0.15, -0.1) is 0 Å². The Balaban J connectivity index is 2.09. The van der Waals surface area contributed by atoms with Crippen molar-refractivity contribution in [2.45, 2.75) is 0 Å². The molecule has 0 atom stereocenters. The maximum absolute atomic E-state index is 9.47. The molecule has 106 valence electrons. The van der Waals surface area contributed by atoms with Crippen molar-refractivity contribution in [1.82, 2.24) is 0 Å². The second-order valence-electron chi connectivity index (χ2n) is 4.90. The summed E-state index contributed by atoms with van der Waals surface area (Å²) in [6.07, 6.45) is 1.78. The Hall–Kier alpha value is -2.27. The van der Waals surface area contributed by atoms with E-state index in [1.165, 1.54) is 0 Å². The van der Waals surface area contributed by atoms with Gasteiger partial charge in [0.25, 0.3) is 0 Å². The van der Waals surface area contributed by atoms with E-state index in [1.807, 2.05) is 48.5 Å². The van der Waals surface area contributed by atoms with Crippen LogP contribution >= 0.6 is 23.2 Å². The molecule has 0 bridgehead atoms. The van der Waals surface area contributed by atoms with Crippen molar-refractivity contribution in [2.24, 2.45) is 0 Å². The fraction of sp³-hybridized carbons (Fsp3) is 0. The molecule has 3 heteroatoms. The average molecular weight is 324 g/mol. The third kappa shape index (κ3) is 2.99. The summed E-state index contributed by atoms with van der Waals surface area (Å²) < 4.78 is 0. The SMILES string of the molecule is N#C/C(=C/c1ccc(Cl)cc1Cl)c1ccc2ccccc2c1. The monoisotopic (exact) mass is 323 g/mol. The third-order valence-electron chi connectivity index (χ3n) is 3.44. The Morgan fingerprint density at radius 2 is 1.68 bits per heavy atom. The van der Waals surface area contributed by atoms with Crippen molar-refractivity contribution < 1.29 is 0 Å². The van der Waals surface area contributed by atoms with Crippen molar-refractivity contribution in [3.63, 3.8) is 0 Å². The molecular weight excluding hydrogens is 313 g/mol. The number of benzene rings is 3. The average Bonchev–Trinajstić information content (AvgIpc) is 2.54. The minimum atomic E-state index is 0.529. The van der Waals surface area contributed by atoms with Crippen LogP contribution in [0.2, 0.25) is 10.0 Å². The van der Waals surface area contributed by atoms with Crippen molar-refractivity contribution >= 4 is 45.6 Å². The lowest BCUT2D eigenvalue weighted by Gasteiger charge is -2.04.